The summed E-state index contributed by atoms with van der Waals surface area (Å²) in [6.45, 7) is 2.34. The van der Waals surface area contributed by atoms with Gasteiger partial charge in [0, 0.05) is 5.69 Å². The van der Waals surface area contributed by atoms with Crippen molar-refractivity contribution in [2.75, 3.05) is 28.5 Å². The Morgan fingerprint density at radius 2 is 1.57 bits per heavy atom. The van der Waals surface area contributed by atoms with Gasteiger partial charge in [0.05, 0.1) is 40.7 Å². The van der Waals surface area contributed by atoms with E-state index >= 15 is 0 Å². The van der Waals surface area contributed by atoms with Gasteiger partial charge in [0.1, 0.15) is 17.7 Å². The Balaban J connectivity index is 1.54. The maximum atomic E-state index is 13.7. The van der Waals surface area contributed by atoms with Crippen LogP contribution in [-0.4, -0.2) is 65.6 Å². The molecule has 0 bridgehead atoms. The first-order valence-corrected chi connectivity index (χ1v) is 17.2. The van der Waals surface area contributed by atoms with E-state index in [1.807, 2.05) is 0 Å². The molecule has 0 fully saturated rings. The molecule has 0 saturated carbocycles. The summed E-state index contributed by atoms with van der Waals surface area (Å²) in [6, 6.07) is 13.5. The highest BCUT2D eigenvalue weighted by Gasteiger charge is 2.51. The van der Waals surface area contributed by atoms with E-state index in [1.165, 1.54) is 43.3 Å². The minimum absolute atomic E-state index is 0.00319. The summed E-state index contributed by atoms with van der Waals surface area (Å²) in [4.78, 5) is 24.8. The van der Waals surface area contributed by atoms with Gasteiger partial charge in [0.2, 0.25) is 11.5 Å². The Hall–Kier alpha value is -4.38. The fraction of sp³-hybridized carbons (Fsp3) is 0.333. The normalized spacial score (nSPS) is 15.3. The van der Waals surface area contributed by atoms with Crippen LogP contribution in [0.2, 0.25) is 0 Å². The van der Waals surface area contributed by atoms with Gasteiger partial charge in [-0.25, -0.2) is 26.0 Å². The van der Waals surface area contributed by atoms with E-state index in [9.17, 15) is 44.0 Å². The number of sulfone groups is 1. The van der Waals surface area contributed by atoms with Gasteiger partial charge in [-0.05, 0) is 74.0 Å². The number of carbonyl (C=O) groups is 2. The van der Waals surface area contributed by atoms with E-state index in [0.717, 1.165) is 34.6 Å². The SMILES string of the molecule is CCS(=O)(=O)c1ccc(CC(=O)NC[C@H]2CN(S(=O)(=O)c3ccc(F)cc3)c3cc(NC(=O)OC(C)(C)C(F)(F)F)ccc3O2)cc1. The van der Waals surface area contributed by atoms with Gasteiger partial charge >= 0.3 is 12.3 Å². The summed E-state index contributed by atoms with van der Waals surface area (Å²) >= 11 is 0. The van der Waals surface area contributed by atoms with Crippen LogP contribution in [0.4, 0.5) is 33.7 Å². The zero-order valence-electron chi connectivity index (χ0n) is 25.3. The summed E-state index contributed by atoms with van der Waals surface area (Å²) in [5, 5.41) is 4.81. The summed E-state index contributed by atoms with van der Waals surface area (Å²) in [7, 11) is -7.80. The molecule has 1 atom stereocenters. The molecule has 0 aliphatic carbocycles. The second kappa shape index (κ2) is 13.4. The molecule has 2 amide bonds. The number of hydrogen-bond donors (Lipinski definition) is 2. The van der Waals surface area contributed by atoms with E-state index < -0.39 is 55.6 Å². The Morgan fingerprint density at radius 1 is 0.957 bits per heavy atom. The van der Waals surface area contributed by atoms with Crippen LogP contribution in [0, 0.1) is 5.82 Å². The van der Waals surface area contributed by atoms with Crippen LogP contribution in [0.25, 0.3) is 0 Å². The molecule has 11 nitrogen and oxygen atoms in total. The zero-order valence-corrected chi connectivity index (χ0v) is 26.9. The van der Waals surface area contributed by atoms with Crippen molar-refractivity contribution in [2.24, 2.45) is 0 Å². The molecule has 4 rings (SSSR count). The second-order valence-corrected chi connectivity index (χ2v) is 15.1. The fourth-order valence-electron chi connectivity index (χ4n) is 4.35. The van der Waals surface area contributed by atoms with Crippen LogP contribution in [0.3, 0.4) is 0 Å². The molecule has 3 aromatic carbocycles. The second-order valence-electron chi connectivity index (χ2n) is 11.0. The van der Waals surface area contributed by atoms with Gasteiger partial charge in [0.15, 0.2) is 9.84 Å². The van der Waals surface area contributed by atoms with Crippen molar-refractivity contribution in [2.45, 2.75) is 54.9 Å². The summed E-state index contributed by atoms with van der Waals surface area (Å²) in [6.07, 6.45) is -7.35. The van der Waals surface area contributed by atoms with E-state index in [4.69, 9.17) is 4.74 Å². The third kappa shape index (κ3) is 8.32. The summed E-state index contributed by atoms with van der Waals surface area (Å²) in [5.74, 6) is -1.21. The highest BCUT2D eigenvalue weighted by molar-refractivity contribution is 7.93. The Labute approximate surface area is 268 Å². The van der Waals surface area contributed by atoms with Gasteiger partial charge in [-0.15, -0.1) is 0 Å². The average Bonchev–Trinajstić information content (AvgIpc) is 2.99. The van der Waals surface area contributed by atoms with E-state index in [-0.39, 0.29) is 52.2 Å². The summed E-state index contributed by atoms with van der Waals surface area (Å²) in [5.41, 5.74) is -2.49. The first-order valence-electron chi connectivity index (χ1n) is 14.1. The molecule has 0 radical (unpaired) electrons. The predicted octanol–water partition coefficient (Wildman–Crippen LogP) is 4.82. The van der Waals surface area contributed by atoms with E-state index in [0.29, 0.717) is 19.4 Å². The van der Waals surface area contributed by atoms with Crippen molar-refractivity contribution in [1.29, 1.82) is 0 Å². The third-order valence-electron chi connectivity index (χ3n) is 7.12. The topological polar surface area (TPSA) is 148 Å². The highest BCUT2D eigenvalue weighted by atomic mass is 32.2. The van der Waals surface area contributed by atoms with E-state index in [1.54, 1.807) is 0 Å². The molecule has 17 heteroatoms. The number of halogens is 4. The lowest BCUT2D eigenvalue weighted by atomic mass is 10.1. The number of amides is 2. The Bertz CT molecular complexity index is 1850. The molecule has 2 N–H and O–H groups in total. The smallest absolute Gasteiger partial charge is 0.427 e. The average molecular weight is 702 g/mol. The molecule has 0 unspecified atom stereocenters. The quantitative estimate of drug-likeness (QED) is 0.286. The standard InChI is InChI=1S/C30H31F4N3O8S2/c1-4-46(40,41)23-10-5-19(6-11-23)15-27(38)35-17-22-18-37(47(42,43)24-12-7-20(31)8-13-24)25-16-21(9-14-26(25)44-22)36-28(39)45-29(2,3)30(32,33)34/h5-14,16,22H,4,15,17-18H2,1-3H3,(H,35,38)(H,36,39)/t22-/m0/s1. The lowest BCUT2D eigenvalue weighted by Gasteiger charge is -2.36. The van der Waals surface area contributed by atoms with Gasteiger partial charge in [-0.2, -0.15) is 13.2 Å². The van der Waals surface area contributed by atoms with Gasteiger partial charge in [-0.1, -0.05) is 19.1 Å². The number of fused-ring (bicyclic) bond motifs is 1. The lowest BCUT2D eigenvalue weighted by molar-refractivity contribution is -0.242. The molecular weight excluding hydrogens is 670 g/mol. The Morgan fingerprint density at radius 3 is 2.17 bits per heavy atom. The van der Waals surface area contributed by atoms with Crippen molar-refractivity contribution in [3.8, 4) is 5.75 Å². The number of nitrogens with zero attached hydrogens (tertiary/aromatic N) is 1. The molecule has 1 aliphatic heterocycles. The minimum Gasteiger partial charge on any atom is -0.484 e. The molecule has 3 aromatic rings. The lowest BCUT2D eigenvalue weighted by Crippen LogP contribution is -2.48. The van der Waals surface area contributed by atoms with Crippen molar-refractivity contribution >= 4 is 43.2 Å². The maximum Gasteiger partial charge on any atom is 0.427 e. The number of hydrogen-bond acceptors (Lipinski definition) is 8. The monoisotopic (exact) mass is 701 g/mol. The molecule has 0 aromatic heterocycles. The minimum atomic E-state index is -4.86. The molecule has 47 heavy (non-hydrogen) atoms. The van der Waals surface area contributed by atoms with Gasteiger partial charge in [-0.3, -0.25) is 14.4 Å². The molecule has 1 aliphatic rings. The van der Waals surface area contributed by atoms with Crippen LogP contribution in [0.15, 0.2) is 76.5 Å². The third-order valence-corrected chi connectivity index (χ3v) is 10.7. The number of anilines is 2. The predicted molar refractivity (Wildman–Crippen MR) is 163 cm³/mol. The van der Waals surface area contributed by atoms with E-state index in [2.05, 4.69) is 15.4 Å². The van der Waals surface area contributed by atoms with Crippen LogP contribution in [-0.2, 0) is 35.8 Å². The van der Waals surface area contributed by atoms with Crippen LogP contribution in [0.5, 0.6) is 5.75 Å². The number of sulfonamides is 1. The number of carbonyl (C=O) groups excluding carboxylic acids is 2. The highest BCUT2D eigenvalue weighted by Crippen LogP contribution is 2.39. The first kappa shape index (κ1) is 35.5. The summed E-state index contributed by atoms with van der Waals surface area (Å²) < 4.78 is 116. The fourth-order valence-corrected chi connectivity index (χ4v) is 6.73. The van der Waals surface area contributed by atoms with Crippen molar-refractivity contribution in [3.63, 3.8) is 0 Å². The largest absolute Gasteiger partial charge is 0.484 e. The van der Waals surface area contributed by atoms with Crippen LogP contribution >= 0.6 is 0 Å². The van der Waals surface area contributed by atoms with Crippen molar-refractivity contribution < 1.29 is 53.5 Å². The van der Waals surface area contributed by atoms with Crippen molar-refractivity contribution in [3.05, 3.63) is 78.1 Å². The van der Waals surface area contributed by atoms with Crippen LogP contribution < -0.4 is 19.7 Å². The number of nitrogens with one attached hydrogen (secondary N) is 2. The number of alkyl halides is 3. The number of benzene rings is 3. The maximum absolute atomic E-state index is 13.7. The number of ether oxygens (including phenoxy) is 2. The molecule has 0 spiro atoms. The molecule has 0 saturated heterocycles. The van der Waals surface area contributed by atoms with Gasteiger partial charge in [0.25, 0.3) is 10.0 Å². The first-order chi connectivity index (χ1) is 21.8. The molecular formula is C30H31F4N3O8S2. The van der Waals surface area contributed by atoms with Crippen molar-refractivity contribution in [1.82, 2.24) is 5.32 Å². The molecule has 254 valence electrons. The van der Waals surface area contributed by atoms with Crippen LogP contribution in [0.1, 0.15) is 26.3 Å². The number of rotatable bonds is 10. The zero-order chi connectivity index (χ0) is 34.8. The Kier molecular flexibility index (Phi) is 10.1. The molecule has 1 heterocycles. The van der Waals surface area contributed by atoms with Gasteiger partial charge < -0.3 is 14.8 Å².